The fourth-order valence-electron chi connectivity index (χ4n) is 2.70. The van der Waals surface area contributed by atoms with Crippen molar-refractivity contribution in [1.82, 2.24) is 19.9 Å². The number of anilines is 1. The highest BCUT2D eigenvalue weighted by atomic mass is 32.2. The van der Waals surface area contributed by atoms with Gasteiger partial charge in [0.1, 0.15) is 5.82 Å². The average molecular weight is 383 g/mol. The van der Waals surface area contributed by atoms with E-state index in [1.54, 1.807) is 17.5 Å². The zero-order valence-electron chi connectivity index (χ0n) is 16.1. The van der Waals surface area contributed by atoms with Gasteiger partial charge >= 0.3 is 0 Å². The first-order chi connectivity index (χ1) is 12.2. The number of aliphatic imine (C=N–C) groups is 1. The third-order valence-electron chi connectivity index (χ3n) is 3.97. The van der Waals surface area contributed by atoms with Crippen LogP contribution in [0, 0.1) is 0 Å². The van der Waals surface area contributed by atoms with Crippen LogP contribution in [0.25, 0.3) is 0 Å². The van der Waals surface area contributed by atoms with E-state index < -0.39 is 10.0 Å². The summed E-state index contributed by atoms with van der Waals surface area (Å²) in [4.78, 5) is 10.6. The quantitative estimate of drug-likeness (QED) is 0.569. The summed E-state index contributed by atoms with van der Waals surface area (Å²) in [6.45, 7) is 8.65. The Labute approximate surface area is 156 Å². The molecule has 0 saturated carbocycles. The zero-order chi connectivity index (χ0) is 19.2. The minimum Gasteiger partial charge on any atom is -0.355 e. The molecular formula is C17H30N6O2S. The molecule has 1 aliphatic rings. The lowest BCUT2D eigenvalue weighted by Crippen LogP contribution is -2.51. The Morgan fingerprint density at radius 2 is 1.92 bits per heavy atom. The summed E-state index contributed by atoms with van der Waals surface area (Å²) in [5.41, 5.74) is -0.136. The summed E-state index contributed by atoms with van der Waals surface area (Å²) in [5, 5.41) is 6.28. The molecule has 0 aromatic carbocycles. The van der Waals surface area contributed by atoms with E-state index in [2.05, 4.69) is 25.5 Å². The predicted molar refractivity (Wildman–Crippen MR) is 106 cm³/mol. The van der Waals surface area contributed by atoms with Gasteiger partial charge in [-0.1, -0.05) is 6.07 Å². The van der Waals surface area contributed by atoms with Gasteiger partial charge in [-0.05, 0) is 32.9 Å². The molecule has 1 saturated heterocycles. The van der Waals surface area contributed by atoms with E-state index in [1.807, 2.05) is 39.0 Å². The number of nitrogens with zero attached hydrogens (tertiary/aromatic N) is 4. The van der Waals surface area contributed by atoms with Crippen molar-refractivity contribution < 1.29 is 8.42 Å². The van der Waals surface area contributed by atoms with Crippen LogP contribution in [0.5, 0.6) is 0 Å². The molecule has 1 aromatic rings. The second kappa shape index (κ2) is 8.68. The number of hydrogen-bond donors (Lipinski definition) is 2. The van der Waals surface area contributed by atoms with E-state index in [4.69, 9.17) is 0 Å². The number of rotatable bonds is 5. The molecule has 8 nitrogen and oxygen atoms in total. The number of sulfonamides is 1. The van der Waals surface area contributed by atoms with Crippen LogP contribution in [0.4, 0.5) is 5.82 Å². The lowest BCUT2D eigenvalue weighted by atomic mass is 10.1. The molecule has 1 aromatic heterocycles. The number of nitrogens with one attached hydrogen (secondary N) is 2. The van der Waals surface area contributed by atoms with E-state index in [1.165, 1.54) is 0 Å². The third-order valence-corrected chi connectivity index (χ3v) is 5.85. The summed E-state index contributed by atoms with van der Waals surface area (Å²) in [6, 6.07) is 5.76. The monoisotopic (exact) mass is 382 g/mol. The van der Waals surface area contributed by atoms with Crippen LogP contribution in [0.15, 0.2) is 29.4 Å². The molecular weight excluding hydrogens is 352 g/mol. The Balaban J connectivity index is 1.82. The van der Waals surface area contributed by atoms with Crippen LogP contribution < -0.4 is 15.5 Å². The molecule has 0 radical (unpaired) electrons. The lowest BCUT2D eigenvalue weighted by molar-refractivity contribution is 0.383. The maximum absolute atomic E-state index is 12.6. The number of guanidine groups is 1. The third kappa shape index (κ3) is 6.14. The maximum atomic E-state index is 12.6. The second-order valence-corrected chi connectivity index (χ2v) is 9.35. The molecule has 26 heavy (non-hydrogen) atoms. The number of pyridine rings is 1. The number of piperazine rings is 1. The summed E-state index contributed by atoms with van der Waals surface area (Å²) < 4.78 is 26.7. The van der Waals surface area contributed by atoms with Crippen LogP contribution in [0.2, 0.25) is 0 Å². The smallest absolute Gasteiger partial charge is 0.215 e. The first kappa shape index (κ1) is 20.4. The molecule has 0 spiro atoms. The standard InChI is InChI=1S/C17H30N6O2S/c1-17(2,3)21-16(18-4)20-9-14-26(24,25)23-12-10-22(11-13-23)15-7-5-6-8-19-15/h5-8H,9-14H2,1-4H3,(H2,18,20,21). The summed E-state index contributed by atoms with van der Waals surface area (Å²) >= 11 is 0. The first-order valence-corrected chi connectivity index (χ1v) is 10.4. The van der Waals surface area contributed by atoms with E-state index in [0.717, 1.165) is 5.82 Å². The van der Waals surface area contributed by atoms with Crippen molar-refractivity contribution in [3.8, 4) is 0 Å². The van der Waals surface area contributed by atoms with Gasteiger partial charge in [-0.3, -0.25) is 4.99 Å². The molecule has 2 heterocycles. The lowest BCUT2D eigenvalue weighted by Gasteiger charge is -2.34. The summed E-state index contributed by atoms with van der Waals surface area (Å²) in [5.74, 6) is 1.54. The van der Waals surface area contributed by atoms with Crippen LogP contribution in [0.3, 0.4) is 0 Å². The van der Waals surface area contributed by atoms with Gasteiger partial charge in [-0.25, -0.2) is 13.4 Å². The molecule has 0 aliphatic carbocycles. The van der Waals surface area contributed by atoms with Crippen molar-refractivity contribution in [2.45, 2.75) is 26.3 Å². The van der Waals surface area contributed by atoms with Gasteiger partial charge in [0.2, 0.25) is 10.0 Å². The van der Waals surface area contributed by atoms with Gasteiger partial charge in [0.05, 0.1) is 5.75 Å². The minimum absolute atomic E-state index is 0.0431. The van der Waals surface area contributed by atoms with Crippen LogP contribution >= 0.6 is 0 Å². The topological polar surface area (TPSA) is 89.9 Å². The molecule has 1 fully saturated rings. The van der Waals surface area contributed by atoms with Gasteiger partial charge in [-0.15, -0.1) is 0 Å². The maximum Gasteiger partial charge on any atom is 0.215 e. The van der Waals surface area contributed by atoms with E-state index in [9.17, 15) is 8.42 Å². The SMILES string of the molecule is CN=C(NCCS(=O)(=O)N1CCN(c2ccccn2)CC1)NC(C)(C)C. The van der Waals surface area contributed by atoms with E-state index in [-0.39, 0.29) is 11.3 Å². The molecule has 1 aliphatic heterocycles. The average Bonchev–Trinajstić information content (AvgIpc) is 2.60. The highest BCUT2D eigenvalue weighted by molar-refractivity contribution is 7.89. The Hall–Kier alpha value is -1.87. The van der Waals surface area contributed by atoms with Crippen molar-refractivity contribution in [1.29, 1.82) is 0 Å². The highest BCUT2D eigenvalue weighted by Gasteiger charge is 2.27. The summed E-state index contributed by atoms with van der Waals surface area (Å²) in [6.07, 6.45) is 1.75. The Morgan fingerprint density at radius 3 is 2.46 bits per heavy atom. The fourth-order valence-corrected chi connectivity index (χ4v) is 4.04. The van der Waals surface area contributed by atoms with Crippen molar-refractivity contribution in [3.05, 3.63) is 24.4 Å². The Kier molecular flexibility index (Phi) is 6.82. The molecule has 2 rings (SSSR count). The van der Waals surface area contributed by atoms with Gasteiger partial charge in [0, 0.05) is 51.5 Å². The van der Waals surface area contributed by atoms with Crippen LogP contribution in [-0.4, -0.2) is 74.7 Å². The zero-order valence-corrected chi connectivity index (χ0v) is 16.9. The molecule has 146 valence electrons. The molecule has 0 amide bonds. The van der Waals surface area contributed by atoms with E-state index in [0.29, 0.717) is 38.7 Å². The molecule has 2 N–H and O–H groups in total. The largest absolute Gasteiger partial charge is 0.355 e. The fraction of sp³-hybridized carbons (Fsp3) is 0.647. The molecule has 0 bridgehead atoms. The highest BCUT2D eigenvalue weighted by Crippen LogP contribution is 2.14. The van der Waals surface area contributed by atoms with Crippen LogP contribution in [-0.2, 0) is 10.0 Å². The van der Waals surface area contributed by atoms with Gasteiger partial charge < -0.3 is 15.5 Å². The molecule has 9 heteroatoms. The van der Waals surface area contributed by atoms with Gasteiger partial charge in [-0.2, -0.15) is 4.31 Å². The molecule has 0 atom stereocenters. The predicted octanol–water partition coefficient (Wildman–Crippen LogP) is 0.497. The van der Waals surface area contributed by atoms with Crippen LogP contribution in [0.1, 0.15) is 20.8 Å². The normalized spacial score (nSPS) is 17.2. The Bertz CT molecular complexity index is 692. The van der Waals surface area contributed by atoms with Gasteiger partial charge in [0.25, 0.3) is 0 Å². The number of aromatic nitrogens is 1. The second-order valence-electron chi connectivity index (χ2n) is 7.26. The Morgan fingerprint density at radius 1 is 1.23 bits per heavy atom. The van der Waals surface area contributed by atoms with Gasteiger partial charge in [0.15, 0.2) is 5.96 Å². The summed E-state index contributed by atoms with van der Waals surface area (Å²) in [7, 11) is -1.62. The van der Waals surface area contributed by atoms with E-state index >= 15 is 0 Å². The number of hydrogen-bond acceptors (Lipinski definition) is 5. The first-order valence-electron chi connectivity index (χ1n) is 8.84. The van der Waals surface area contributed by atoms with Crippen molar-refractivity contribution in [2.24, 2.45) is 4.99 Å². The van der Waals surface area contributed by atoms with Crippen molar-refractivity contribution in [2.75, 3.05) is 50.4 Å². The van der Waals surface area contributed by atoms with Crippen molar-refractivity contribution in [3.63, 3.8) is 0 Å². The molecule has 0 unspecified atom stereocenters. The van der Waals surface area contributed by atoms with Crippen molar-refractivity contribution >= 4 is 21.8 Å². The minimum atomic E-state index is -3.30.